The zero-order chi connectivity index (χ0) is 24.4. The number of ether oxygens (including phenoxy) is 1. The first kappa shape index (κ1) is 23.0. The highest BCUT2D eigenvalue weighted by molar-refractivity contribution is 6.31. The highest BCUT2D eigenvalue weighted by Gasteiger charge is 2.33. The first-order chi connectivity index (χ1) is 17.0. The van der Waals surface area contributed by atoms with Crippen molar-refractivity contribution < 1.29 is 9.53 Å². The van der Waals surface area contributed by atoms with E-state index in [2.05, 4.69) is 20.7 Å². The Kier molecular flexibility index (Phi) is 6.44. The molecule has 7 nitrogen and oxygen atoms in total. The zero-order valence-electron chi connectivity index (χ0n) is 18.7. The molecule has 3 aromatic carbocycles. The summed E-state index contributed by atoms with van der Waals surface area (Å²) < 4.78 is 7.72. The lowest BCUT2D eigenvalue weighted by Crippen LogP contribution is -2.31. The second-order valence-electron chi connectivity index (χ2n) is 8.01. The largest absolute Gasteiger partial charge is 0.489 e. The molecular weight excluding hydrogens is 485 g/mol. The number of amides is 1. The van der Waals surface area contributed by atoms with E-state index >= 15 is 0 Å². The fraction of sp³-hybridized carbons (Fsp3) is 0.115. The van der Waals surface area contributed by atoms with E-state index in [1.807, 2.05) is 55.5 Å². The van der Waals surface area contributed by atoms with Crippen LogP contribution in [0.15, 0.2) is 90.4 Å². The van der Waals surface area contributed by atoms with Crippen molar-refractivity contribution in [2.45, 2.75) is 19.6 Å². The molecule has 1 aromatic heterocycles. The minimum Gasteiger partial charge on any atom is -0.489 e. The summed E-state index contributed by atoms with van der Waals surface area (Å²) in [5.41, 5.74) is 3.56. The summed E-state index contributed by atoms with van der Waals surface area (Å²) >= 11 is 12.3. The highest BCUT2D eigenvalue weighted by atomic mass is 35.5. The Morgan fingerprint density at radius 1 is 1.09 bits per heavy atom. The van der Waals surface area contributed by atoms with Gasteiger partial charge in [-0.3, -0.25) is 4.79 Å². The van der Waals surface area contributed by atoms with Crippen LogP contribution in [0, 0.1) is 0 Å². The van der Waals surface area contributed by atoms with Crippen LogP contribution in [0.4, 0.5) is 11.6 Å². The van der Waals surface area contributed by atoms with Gasteiger partial charge in [0, 0.05) is 27.0 Å². The molecule has 0 spiro atoms. The maximum absolute atomic E-state index is 13.5. The Morgan fingerprint density at radius 3 is 2.69 bits per heavy atom. The maximum atomic E-state index is 13.5. The summed E-state index contributed by atoms with van der Waals surface area (Å²) in [6.45, 7) is 2.17. The highest BCUT2D eigenvalue weighted by Crippen LogP contribution is 2.36. The van der Waals surface area contributed by atoms with E-state index in [1.54, 1.807) is 28.9 Å². The first-order valence-electron chi connectivity index (χ1n) is 10.9. The van der Waals surface area contributed by atoms with Crippen LogP contribution in [-0.4, -0.2) is 20.7 Å². The first-order valence-corrected chi connectivity index (χ1v) is 11.7. The Morgan fingerprint density at radius 2 is 1.89 bits per heavy atom. The third-order valence-corrected chi connectivity index (χ3v) is 6.29. The molecule has 35 heavy (non-hydrogen) atoms. The van der Waals surface area contributed by atoms with E-state index in [-0.39, 0.29) is 5.91 Å². The molecule has 1 amide bonds. The number of hydrogen-bond donors (Lipinski definition) is 2. The molecule has 0 aliphatic carbocycles. The van der Waals surface area contributed by atoms with Crippen LogP contribution >= 0.6 is 23.2 Å². The molecule has 9 heteroatoms. The number of carbonyl (C=O) groups excluding carboxylic acids is 1. The number of aromatic nitrogens is 3. The molecule has 2 N–H and O–H groups in total. The van der Waals surface area contributed by atoms with Gasteiger partial charge in [0.2, 0.25) is 5.95 Å². The molecule has 1 aliphatic rings. The average Bonchev–Trinajstić information content (AvgIpc) is 3.32. The van der Waals surface area contributed by atoms with E-state index in [0.717, 1.165) is 11.1 Å². The molecule has 1 unspecified atom stereocenters. The number of nitrogens with zero attached hydrogens (tertiary/aromatic N) is 3. The standard InChI is InChI=1S/C26H21Cl2N5O2/c1-16-23(25(34)32-20-11-9-19(27)10-12-20)24(33-26(31-16)29-15-30-33)17-6-4-7-21(13-17)35-14-18-5-2-3-8-22(18)28/h2-13,15,24H,14H2,1H3,(H,32,34)(H,29,30,31). The number of fused-ring (bicyclic) bond motifs is 1. The summed E-state index contributed by atoms with van der Waals surface area (Å²) in [6.07, 6.45) is 1.46. The third kappa shape index (κ3) is 4.87. The quantitative estimate of drug-likeness (QED) is 0.331. The van der Waals surface area contributed by atoms with Crippen molar-refractivity contribution in [3.63, 3.8) is 0 Å². The molecule has 1 atom stereocenters. The number of hydrogen-bond acceptors (Lipinski definition) is 5. The van der Waals surface area contributed by atoms with Gasteiger partial charge >= 0.3 is 0 Å². The number of carbonyl (C=O) groups is 1. The van der Waals surface area contributed by atoms with Crippen molar-refractivity contribution in [3.8, 4) is 5.75 Å². The minimum absolute atomic E-state index is 0.258. The van der Waals surface area contributed by atoms with E-state index in [0.29, 0.717) is 45.3 Å². The molecule has 0 saturated heterocycles. The van der Waals surface area contributed by atoms with Gasteiger partial charge in [0.25, 0.3) is 5.91 Å². The van der Waals surface area contributed by atoms with Gasteiger partial charge in [-0.15, -0.1) is 0 Å². The smallest absolute Gasteiger partial charge is 0.255 e. The minimum atomic E-state index is -0.509. The van der Waals surface area contributed by atoms with Crippen LogP contribution in [0.5, 0.6) is 5.75 Å². The van der Waals surface area contributed by atoms with Gasteiger partial charge in [0.05, 0.1) is 5.57 Å². The van der Waals surface area contributed by atoms with Crippen molar-refractivity contribution >= 4 is 40.7 Å². The summed E-state index contributed by atoms with van der Waals surface area (Å²) in [6, 6.07) is 21.6. The Labute approximate surface area is 212 Å². The van der Waals surface area contributed by atoms with Crippen LogP contribution in [0.1, 0.15) is 24.1 Å². The molecule has 5 rings (SSSR count). The summed E-state index contributed by atoms with van der Waals surface area (Å²) in [5, 5.41) is 11.8. The SMILES string of the molecule is CC1=C(C(=O)Nc2ccc(Cl)cc2)C(c2cccc(OCc3ccccc3Cl)c2)n2ncnc2N1. The molecule has 2 heterocycles. The van der Waals surface area contributed by atoms with Crippen molar-refractivity contribution in [3.05, 3.63) is 112 Å². The van der Waals surface area contributed by atoms with Crippen LogP contribution in [0.3, 0.4) is 0 Å². The number of allylic oxidation sites excluding steroid dienone is 1. The summed E-state index contributed by atoms with van der Waals surface area (Å²) in [4.78, 5) is 17.8. The van der Waals surface area contributed by atoms with Gasteiger partial charge in [0.1, 0.15) is 24.7 Å². The number of anilines is 2. The number of rotatable bonds is 6. The van der Waals surface area contributed by atoms with Gasteiger partial charge < -0.3 is 15.4 Å². The zero-order valence-corrected chi connectivity index (χ0v) is 20.2. The van der Waals surface area contributed by atoms with Crippen LogP contribution in [0.2, 0.25) is 10.0 Å². The Hall–Kier alpha value is -3.81. The van der Waals surface area contributed by atoms with Crippen LogP contribution < -0.4 is 15.4 Å². The lowest BCUT2D eigenvalue weighted by molar-refractivity contribution is -0.113. The second-order valence-corrected chi connectivity index (χ2v) is 8.85. The van der Waals surface area contributed by atoms with Gasteiger partial charge in [-0.25, -0.2) is 4.68 Å². The van der Waals surface area contributed by atoms with Gasteiger partial charge in [-0.05, 0) is 55.0 Å². The van der Waals surface area contributed by atoms with Gasteiger partial charge in [0.15, 0.2) is 0 Å². The molecule has 0 saturated carbocycles. The van der Waals surface area contributed by atoms with E-state index in [9.17, 15) is 4.79 Å². The number of nitrogens with one attached hydrogen (secondary N) is 2. The van der Waals surface area contributed by atoms with Crippen LogP contribution in [-0.2, 0) is 11.4 Å². The van der Waals surface area contributed by atoms with Crippen molar-refractivity contribution in [2.75, 3.05) is 10.6 Å². The Balaban J connectivity index is 1.46. The molecule has 0 fully saturated rings. The van der Waals surface area contributed by atoms with Crippen molar-refractivity contribution in [2.24, 2.45) is 0 Å². The second kappa shape index (κ2) is 9.82. The molecule has 0 radical (unpaired) electrons. The maximum Gasteiger partial charge on any atom is 0.255 e. The van der Waals surface area contributed by atoms with E-state index in [4.69, 9.17) is 27.9 Å². The lowest BCUT2D eigenvalue weighted by Gasteiger charge is -2.29. The number of benzene rings is 3. The van der Waals surface area contributed by atoms with E-state index < -0.39 is 6.04 Å². The van der Waals surface area contributed by atoms with Gasteiger partial charge in [-0.1, -0.05) is 53.5 Å². The molecule has 176 valence electrons. The predicted molar refractivity (Wildman–Crippen MR) is 137 cm³/mol. The number of halogens is 2. The van der Waals surface area contributed by atoms with Crippen molar-refractivity contribution in [1.82, 2.24) is 14.8 Å². The molecule has 4 aromatic rings. The fourth-order valence-electron chi connectivity index (χ4n) is 3.98. The fourth-order valence-corrected chi connectivity index (χ4v) is 4.29. The predicted octanol–water partition coefficient (Wildman–Crippen LogP) is 6.09. The summed E-state index contributed by atoms with van der Waals surface area (Å²) in [7, 11) is 0. The summed E-state index contributed by atoms with van der Waals surface area (Å²) in [5.74, 6) is 0.946. The van der Waals surface area contributed by atoms with Gasteiger partial charge in [-0.2, -0.15) is 10.1 Å². The van der Waals surface area contributed by atoms with Crippen LogP contribution in [0.25, 0.3) is 0 Å². The monoisotopic (exact) mass is 505 g/mol. The average molecular weight is 506 g/mol. The molecule has 1 aliphatic heterocycles. The van der Waals surface area contributed by atoms with E-state index in [1.165, 1.54) is 6.33 Å². The molecular formula is C26H21Cl2N5O2. The Bertz CT molecular complexity index is 1420. The normalized spacial score (nSPS) is 14.8. The lowest BCUT2D eigenvalue weighted by atomic mass is 9.95. The topological polar surface area (TPSA) is 81.1 Å². The molecule has 0 bridgehead atoms. The van der Waals surface area contributed by atoms with Crippen molar-refractivity contribution in [1.29, 1.82) is 0 Å². The third-order valence-electron chi connectivity index (χ3n) is 5.67.